The lowest BCUT2D eigenvalue weighted by Gasteiger charge is -2.29. The van der Waals surface area contributed by atoms with Crippen molar-refractivity contribution in [1.29, 1.82) is 0 Å². The number of ether oxygens (including phenoxy) is 1. The van der Waals surface area contributed by atoms with Crippen molar-refractivity contribution in [3.63, 3.8) is 0 Å². The van der Waals surface area contributed by atoms with Gasteiger partial charge in [0, 0.05) is 6.54 Å². The molecule has 16 heavy (non-hydrogen) atoms. The van der Waals surface area contributed by atoms with Gasteiger partial charge in [0.2, 0.25) is 0 Å². The molecule has 0 radical (unpaired) electrons. The third kappa shape index (κ3) is 3.14. The molecule has 1 aliphatic rings. The molecule has 0 spiro atoms. The maximum atomic E-state index is 11.9. The second kappa shape index (κ2) is 4.75. The number of amides is 1. The van der Waals surface area contributed by atoms with Crippen LogP contribution in [0, 0.1) is 12.3 Å². The van der Waals surface area contributed by atoms with Crippen LogP contribution in [0.1, 0.15) is 33.6 Å². The zero-order valence-corrected chi connectivity index (χ0v) is 10.2. The summed E-state index contributed by atoms with van der Waals surface area (Å²) in [5.74, 6) is 2.48. The van der Waals surface area contributed by atoms with Crippen LogP contribution in [0.25, 0.3) is 0 Å². The minimum atomic E-state index is -0.482. The van der Waals surface area contributed by atoms with Crippen LogP contribution in [0.3, 0.4) is 0 Å². The fourth-order valence-electron chi connectivity index (χ4n) is 1.82. The minimum absolute atomic E-state index is 0.0835. The molecule has 1 saturated heterocycles. The zero-order chi connectivity index (χ0) is 12.3. The monoisotopic (exact) mass is 224 g/mol. The Balaban J connectivity index is 2.65. The third-order valence-corrected chi connectivity index (χ3v) is 2.53. The molecule has 2 atom stereocenters. The zero-order valence-electron chi connectivity index (χ0n) is 10.2. The summed E-state index contributed by atoms with van der Waals surface area (Å²) in [6, 6.07) is -0.491. The molecular weight excluding hydrogens is 204 g/mol. The van der Waals surface area contributed by atoms with Crippen molar-refractivity contribution in [1.82, 2.24) is 4.90 Å². The molecule has 0 aromatic carbocycles. The molecule has 4 heteroatoms. The maximum absolute atomic E-state index is 11.9. The van der Waals surface area contributed by atoms with Gasteiger partial charge in [0.25, 0.3) is 0 Å². The van der Waals surface area contributed by atoms with Crippen LogP contribution in [-0.4, -0.2) is 35.2 Å². The largest absolute Gasteiger partial charge is 0.444 e. The smallest absolute Gasteiger partial charge is 0.410 e. The number of likely N-dealkylation sites (tertiary alicyclic amines) is 1. The normalized spacial score (nSPS) is 22.7. The molecule has 4 nitrogen and oxygen atoms in total. The SMILES string of the molecule is C#CC(N)[C@@H]1CCCN1C(=O)OC(C)(C)C. The molecule has 0 bridgehead atoms. The highest BCUT2D eigenvalue weighted by molar-refractivity contribution is 5.69. The van der Waals surface area contributed by atoms with E-state index in [4.69, 9.17) is 16.9 Å². The van der Waals surface area contributed by atoms with Gasteiger partial charge < -0.3 is 15.4 Å². The molecule has 1 rings (SSSR count). The van der Waals surface area contributed by atoms with Gasteiger partial charge in [-0.15, -0.1) is 6.42 Å². The summed E-state index contributed by atoms with van der Waals surface area (Å²) in [7, 11) is 0. The highest BCUT2D eigenvalue weighted by Crippen LogP contribution is 2.22. The van der Waals surface area contributed by atoms with E-state index in [1.807, 2.05) is 20.8 Å². The molecule has 1 amide bonds. The summed E-state index contributed by atoms with van der Waals surface area (Å²) >= 11 is 0. The Hall–Kier alpha value is -1.21. The average molecular weight is 224 g/mol. The molecule has 0 saturated carbocycles. The lowest BCUT2D eigenvalue weighted by molar-refractivity contribution is 0.0219. The third-order valence-electron chi connectivity index (χ3n) is 2.53. The molecule has 2 N–H and O–H groups in total. The Morgan fingerprint density at radius 2 is 2.25 bits per heavy atom. The van der Waals surface area contributed by atoms with E-state index in [9.17, 15) is 4.79 Å². The van der Waals surface area contributed by atoms with Crippen LogP contribution < -0.4 is 5.73 Å². The number of nitrogens with two attached hydrogens (primary N) is 1. The highest BCUT2D eigenvalue weighted by atomic mass is 16.6. The number of rotatable bonds is 1. The predicted molar refractivity (Wildman–Crippen MR) is 62.8 cm³/mol. The van der Waals surface area contributed by atoms with Crippen LogP contribution in [0.5, 0.6) is 0 Å². The Bertz CT molecular complexity index is 301. The fraction of sp³-hybridized carbons (Fsp3) is 0.750. The number of carbonyl (C=O) groups excluding carboxylic acids is 1. The van der Waals surface area contributed by atoms with Gasteiger partial charge in [0.1, 0.15) is 5.60 Å². The van der Waals surface area contributed by atoms with Gasteiger partial charge in [0.15, 0.2) is 0 Å². The second-order valence-corrected chi connectivity index (χ2v) is 5.08. The van der Waals surface area contributed by atoms with Crippen molar-refractivity contribution in [2.24, 2.45) is 5.73 Å². The Morgan fingerprint density at radius 3 is 2.75 bits per heavy atom. The molecule has 90 valence electrons. The van der Waals surface area contributed by atoms with Crippen molar-refractivity contribution in [2.75, 3.05) is 6.54 Å². The molecule has 1 fully saturated rings. The summed E-state index contributed by atoms with van der Waals surface area (Å²) in [5.41, 5.74) is 5.30. The molecule has 0 aromatic rings. The van der Waals surface area contributed by atoms with E-state index in [-0.39, 0.29) is 12.1 Å². The summed E-state index contributed by atoms with van der Waals surface area (Å²) < 4.78 is 5.31. The molecule has 0 aromatic heterocycles. The first-order chi connectivity index (χ1) is 7.35. The summed E-state index contributed by atoms with van der Waals surface area (Å²) in [6.07, 6.45) is 6.75. The Labute approximate surface area is 97.1 Å². The molecular formula is C12H20N2O2. The minimum Gasteiger partial charge on any atom is -0.444 e. The highest BCUT2D eigenvalue weighted by Gasteiger charge is 2.34. The number of hydrogen-bond acceptors (Lipinski definition) is 3. The van der Waals surface area contributed by atoms with Crippen LogP contribution in [-0.2, 0) is 4.74 Å². The number of nitrogens with zero attached hydrogens (tertiary/aromatic N) is 1. The first-order valence-corrected chi connectivity index (χ1v) is 5.56. The van der Waals surface area contributed by atoms with Crippen molar-refractivity contribution in [3.05, 3.63) is 0 Å². The molecule has 0 aliphatic carbocycles. The van der Waals surface area contributed by atoms with Gasteiger partial charge in [0.05, 0.1) is 12.1 Å². The van der Waals surface area contributed by atoms with Gasteiger partial charge >= 0.3 is 6.09 Å². The van der Waals surface area contributed by atoms with E-state index in [2.05, 4.69) is 5.92 Å². The average Bonchev–Trinajstić information content (AvgIpc) is 2.62. The lowest BCUT2D eigenvalue weighted by atomic mass is 10.1. The molecule has 1 unspecified atom stereocenters. The van der Waals surface area contributed by atoms with Gasteiger partial charge in [-0.1, -0.05) is 5.92 Å². The van der Waals surface area contributed by atoms with Crippen LogP contribution in [0.15, 0.2) is 0 Å². The van der Waals surface area contributed by atoms with E-state index in [0.717, 1.165) is 12.8 Å². The van der Waals surface area contributed by atoms with Crippen molar-refractivity contribution in [2.45, 2.75) is 51.3 Å². The van der Waals surface area contributed by atoms with E-state index >= 15 is 0 Å². The van der Waals surface area contributed by atoms with E-state index in [1.54, 1.807) is 4.90 Å². The van der Waals surface area contributed by atoms with E-state index < -0.39 is 11.6 Å². The van der Waals surface area contributed by atoms with Gasteiger partial charge in [-0.25, -0.2) is 4.79 Å². The first kappa shape index (κ1) is 12.9. The van der Waals surface area contributed by atoms with E-state index in [0.29, 0.717) is 6.54 Å². The van der Waals surface area contributed by atoms with Gasteiger partial charge in [-0.2, -0.15) is 0 Å². The van der Waals surface area contributed by atoms with Crippen molar-refractivity contribution >= 4 is 6.09 Å². The first-order valence-electron chi connectivity index (χ1n) is 5.56. The molecule has 1 heterocycles. The Morgan fingerprint density at radius 1 is 1.62 bits per heavy atom. The van der Waals surface area contributed by atoms with Crippen LogP contribution in [0.2, 0.25) is 0 Å². The number of carbonyl (C=O) groups is 1. The Kier molecular flexibility index (Phi) is 3.82. The predicted octanol–water partition coefficient (Wildman–Crippen LogP) is 1.35. The second-order valence-electron chi connectivity index (χ2n) is 5.08. The van der Waals surface area contributed by atoms with Crippen LogP contribution >= 0.6 is 0 Å². The summed E-state index contributed by atoms with van der Waals surface area (Å²) in [6.45, 7) is 6.21. The standard InChI is InChI=1S/C12H20N2O2/c1-5-9(13)10-7-6-8-14(10)11(15)16-12(2,3)4/h1,9-10H,6-8,13H2,2-4H3/t9?,10-/m0/s1. The van der Waals surface area contributed by atoms with Gasteiger partial charge in [-0.3, -0.25) is 0 Å². The van der Waals surface area contributed by atoms with Crippen molar-refractivity contribution < 1.29 is 9.53 Å². The van der Waals surface area contributed by atoms with Crippen LogP contribution in [0.4, 0.5) is 4.79 Å². The lowest BCUT2D eigenvalue weighted by Crippen LogP contribution is -2.47. The van der Waals surface area contributed by atoms with Gasteiger partial charge in [-0.05, 0) is 33.6 Å². The van der Waals surface area contributed by atoms with Crippen molar-refractivity contribution in [3.8, 4) is 12.3 Å². The maximum Gasteiger partial charge on any atom is 0.410 e. The fourth-order valence-corrected chi connectivity index (χ4v) is 1.82. The van der Waals surface area contributed by atoms with E-state index in [1.165, 1.54) is 0 Å². The molecule has 1 aliphatic heterocycles. The number of hydrogen-bond donors (Lipinski definition) is 1. The topological polar surface area (TPSA) is 55.6 Å². The summed E-state index contributed by atoms with van der Waals surface area (Å²) in [5, 5.41) is 0. The summed E-state index contributed by atoms with van der Waals surface area (Å²) in [4.78, 5) is 13.5. The quantitative estimate of drug-likeness (QED) is 0.684. The number of terminal acetylenes is 1.